The number of rotatable bonds is 2. The van der Waals surface area contributed by atoms with Gasteiger partial charge in [0, 0.05) is 0 Å². The highest BCUT2D eigenvalue weighted by atomic mass is 14.9. The second-order valence-electron chi connectivity index (χ2n) is 6.86. The Hall–Kier alpha value is -0.0400. The molecule has 1 saturated carbocycles. The van der Waals surface area contributed by atoms with E-state index in [-0.39, 0.29) is 0 Å². The van der Waals surface area contributed by atoms with Crippen molar-refractivity contribution in [1.82, 2.24) is 5.32 Å². The van der Waals surface area contributed by atoms with Gasteiger partial charge in [-0.1, -0.05) is 40.0 Å². The van der Waals surface area contributed by atoms with E-state index in [1.165, 1.54) is 58.0 Å². The van der Waals surface area contributed by atoms with Gasteiger partial charge in [0.25, 0.3) is 0 Å². The molecule has 17 heavy (non-hydrogen) atoms. The molecule has 0 radical (unpaired) electrons. The zero-order chi connectivity index (χ0) is 12.3. The Morgan fingerprint density at radius 3 is 2.71 bits per heavy atom. The molecule has 1 nitrogen and oxygen atoms in total. The molecule has 3 unspecified atom stereocenters. The van der Waals surface area contributed by atoms with E-state index >= 15 is 0 Å². The van der Waals surface area contributed by atoms with Gasteiger partial charge < -0.3 is 5.32 Å². The lowest BCUT2D eigenvalue weighted by Crippen LogP contribution is -2.44. The lowest BCUT2D eigenvalue weighted by atomic mass is 9.65. The van der Waals surface area contributed by atoms with Crippen molar-refractivity contribution in [1.29, 1.82) is 0 Å². The molecule has 2 aliphatic rings. The molecule has 2 rings (SSSR count). The predicted molar refractivity (Wildman–Crippen MR) is 75.1 cm³/mol. The topological polar surface area (TPSA) is 12.0 Å². The molecule has 1 N–H and O–H groups in total. The Bertz CT molecular complexity index is 236. The monoisotopic (exact) mass is 237 g/mol. The van der Waals surface area contributed by atoms with E-state index in [0.29, 0.717) is 5.41 Å². The standard InChI is InChI=1S/C16H31N/c1-4-15-12-17-11-10-16(15)8-5-6-14(7-9-16)13(2)3/h13-15,17H,4-12H2,1-3H3. The summed E-state index contributed by atoms with van der Waals surface area (Å²) >= 11 is 0. The molecule has 1 heteroatoms. The van der Waals surface area contributed by atoms with Crippen molar-refractivity contribution in [2.24, 2.45) is 23.2 Å². The Morgan fingerprint density at radius 1 is 1.18 bits per heavy atom. The van der Waals surface area contributed by atoms with Gasteiger partial charge in [-0.05, 0) is 61.9 Å². The van der Waals surface area contributed by atoms with E-state index in [1.54, 1.807) is 0 Å². The highest BCUT2D eigenvalue weighted by molar-refractivity contribution is 4.93. The average molecular weight is 237 g/mol. The van der Waals surface area contributed by atoms with Gasteiger partial charge in [0.05, 0.1) is 0 Å². The van der Waals surface area contributed by atoms with Crippen LogP contribution in [0.15, 0.2) is 0 Å². The smallest absolute Gasteiger partial charge is 0.00153 e. The first-order valence-corrected chi connectivity index (χ1v) is 7.88. The zero-order valence-electron chi connectivity index (χ0n) is 12.1. The molecular weight excluding hydrogens is 206 g/mol. The number of piperidine rings is 1. The van der Waals surface area contributed by atoms with Gasteiger partial charge in [0.1, 0.15) is 0 Å². The van der Waals surface area contributed by atoms with Crippen molar-refractivity contribution in [2.75, 3.05) is 13.1 Å². The zero-order valence-corrected chi connectivity index (χ0v) is 12.1. The first kappa shape index (κ1) is 13.4. The van der Waals surface area contributed by atoms with Crippen molar-refractivity contribution >= 4 is 0 Å². The summed E-state index contributed by atoms with van der Waals surface area (Å²) in [5.74, 6) is 2.84. The third-order valence-corrected chi connectivity index (χ3v) is 5.75. The first-order chi connectivity index (χ1) is 8.18. The summed E-state index contributed by atoms with van der Waals surface area (Å²) < 4.78 is 0. The maximum Gasteiger partial charge on any atom is -0.00153 e. The second kappa shape index (κ2) is 5.73. The van der Waals surface area contributed by atoms with Gasteiger partial charge >= 0.3 is 0 Å². The highest BCUT2D eigenvalue weighted by Gasteiger charge is 2.40. The fourth-order valence-corrected chi connectivity index (χ4v) is 4.40. The fraction of sp³-hybridized carbons (Fsp3) is 1.00. The molecule has 1 aliphatic heterocycles. The van der Waals surface area contributed by atoms with Crippen LogP contribution >= 0.6 is 0 Å². The van der Waals surface area contributed by atoms with Crippen LogP contribution in [-0.4, -0.2) is 13.1 Å². The van der Waals surface area contributed by atoms with Crippen LogP contribution in [0.1, 0.15) is 65.7 Å². The summed E-state index contributed by atoms with van der Waals surface area (Å²) in [7, 11) is 0. The van der Waals surface area contributed by atoms with Crippen molar-refractivity contribution in [3.63, 3.8) is 0 Å². The summed E-state index contributed by atoms with van der Waals surface area (Å²) in [5, 5.41) is 3.61. The molecule has 0 amide bonds. The van der Waals surface area contributed by atoms with Crippen LogP contribution in [0.25, 0.3) is 0 Å². The van der Waals surface area contributed by atoms with E-state index in [1.807, 2.05) is 0 Å². The number of nitrogens with one attached hydrogen (secondary N) is 1. The molecule has 0 aromatic heterocycles. The van der Waals surface area contributed by atoms with Crippen molar-refractivity contribution < 1.29 is 0 Å². The van der Waals surface area contributed by atoms with Crippen molar-refractivity contribution in [3.8, 4) is 0 Å². The molecular formula is C16H31N. The van der Waals surface area contributed by atoms with Crippen molar-refractivity contribution in [3.05, 3.63) is 0 Å². The van der Waals surface area contributed by atoms with E-state index in [2.05, 4.69) is 26.1 Å². The highest BCUT2D eigenvalue weighted by Crippen LogP contribution is 2.48. The molecule has 1 heterocycles. The van der Waals surface area contributed by atoms with E-state index in [4.69, 9.17) is 0 Å². The van der Waals surface area contributed by atoms with E-state index in [0.717, 1.165) is 17.8 Å². The summed E-state index contributed by atoms with van der Waals surface area (Å²) in [4.78, 5) is 0. The molecule has 2 fully saturated rings. The van der Waals surface area contributed by atoms with Gasteiger partial charge in [-0.3, -0.25) is 0 Å². The third-order valence-electron chi connectivity index (χ3n) is 5.75. The average Bonchev–Trinajstić information content (AvgIpc) is 2.53. The lowest BCUT2D eigenvalue weighted by Gasteiger charge is -2.44. The predicted octanol–water partition coefficient (Wildman–Crippen LogP) is 4.23. The van der Waals surface area contributed by atoms with Crippen LogP contribution < -0.4 is 5.32 Å². The Morgan fingerprint density at radius 2 is 2.00 bits per heavy atom. The van der Waals surface area contributed by atoms with Gasteiger partial charge in [-0.15, -0.1) is 0 Å². The van der Waals surface area contributed by atoms with Crippen molar-refractivity contribution in [2.45, 2.75) is 65.7 Å². The molecule has 1 aliphatic carbocycles. The van der Waals surface area contributed by atoms with Gasteiger partial charge in [0.15, 0.2) is 0 Å². The SMILES string of the molecule is CCC1CNCCC12CCCC(C(C)C)CC2. The van der Waals surface area contributed by atoms with Crippen LogP contribution in [0.2, 0.25) is 0 Å². The third kappa shape index (κ3) is 2.86. The molecule has 3 atom stereocenters. The Labute approximate surface area is 108 Å². The lowest BCUT2D eigenvalue weighted by molar-refractivity contribution is 0.0810. The molecule has 0 aromatic rings. The Kier molecular flexibility index (Phi) is 4.52. The van der Waals surface area contributed by atoms with Gasteiger partial charge in [0.2, 0.25) is 0 Å². The van der Waals surface area contributed by atoms with E-state index < -0.39 is 0 Å². The normalized spacial score (nSPS) is 39.5. The second-order valence-corrected chi connectivity index (χ2v) is 6.86. The minimum absolute atomic E-state index is 0.712. The number of hydrogen-bond acceptors (Lipinski definition) is 1. The van der Waals surface area contributed by atoms with Gasteiger partial charge in [-0.2, -0.15) is 0 Å². The molecule has 1 saturated heterocycles. The molecule has 0 aromatic carbocycles. The van der Waals surface area contributed by atoms with Crippen LogP contribution in [0.3, 0.4) is 0 Å². The number of hydrogen-bond donors (Lipinski definition) is 1. The minimum Gasteiger partial charge on any atom is -0.316 e. The fourth-order valence-electron chi connectivity index (χ4n) is 4.40. The minimum atomic E-state index is 0.712. The van der Waals surface area contributed by atoms with Crippen LogP contribution in [0, 0.1) is 23.2 Å². The van der Waals surface area contributed by atoms with E-state index in [9.17, 15) is 0 Å². The van der Waals surface area contributed by atoms with Crippen LogP contribution in [0.4, 0.5) is 0 Å². The maximum absolute atomic E-state index is 3.61. The van der Waals surface area contributed by atoms with Crippen LogP contribution in [-0.2, 0) is 0 Å². The summed E-state index contributed by atoms with van der Waals surface area (Å²) in [6.45, 7) is 9.78. The van der Waals surface area contributed by atoms with Crippen LogP contribution in [0.5, 0.6) is 0 Å². The molecule has 1 spiro atoms. The largest absolute Gasteiger partial charge is 0.316 e. The summed E-state index contributed by atoms with van der Waals surface area (Å²) in [6.07, 6.45) is 10.3. The molecule has 0 bridgehead atoms. The maximum atomic E-state index is 3.61. The summed E-state index contributed by atoms with van der Waals surface area (Å²) in [5.41, 5.74) is 0.712. The Balaban J connectivity index is 2.04. The van der Waals surface area contributed by atoms with Gasteiger partial charge in [-0.25, -0.2) is 0 Å². The first-order valence-electron chi connectivity index (χ1n) is 7.88. The molecule has 100 valence electrons. The quantitative estimate of drug-likeness (QED) is 0.758. The summed E-state index contributed by atoms with van der Waals surface area (Å²) in [6, 6.07) is 0.